The van der Waals surface area contributed by atoms with Crippen molar-refractivity contribution in [3.63, 3.8) is 0 Å². The molecule has 0 radical (unpaired) electrons. The number of rotatable bonds is 9. The van der Waals surface area contributed by atoms with Crippen LogP contribution in [0.5, 0.6) is 0 Å². The maximum Gasteiger partial charge on any atom is 0.0541 e. The molecule has 0 saturated heterocycles. The van der Waals surface area contributed by atoms with Gasteiger partial charge >= 0.3 is 0 Å². The van der Waals surface area contributed by atoms with E-state index in [1.807, 2.05) is 0 Å². The van der Waals surface area contributed by atoms with E-state index in [-0.39, 0.29) is 0 Å². The first-order chi connectivity index (χ1) is 30.8. The van der Waals surface area contributed by atoms with Crippen LogP contribution >= 0.6 is 0 Å². The standard InChI is InChI=1S/C60H42N2/c1-3-16-43(17-4-1)45-30-32-46(33-31-45)47-34-38-50(39-35-47)61(52-21-15-20-49(42-52)44-18-5-2-6-19-44)51-40-36-48(37-41-51)53-22-7-8-23-54(53)55-24-9-12-27-58(55)62-59-28-13-10-25-56(59)57-26-11-14-29-60(57)62/h1-42H. The molecule has 0 saturated carbocycles. The second-order valence-corrected chi connectivity index (χ2v) is 15.7. The Morgan fingerprint density at radius 2 is 0.645 bits per heavy atom. The number of fused-ring (bicyclic) bond motifs is 3. The van der Waals surface area contributed by atoms with Gasteiger partial charge in [0.1, 0.15) is 0 Å². The van der Waals surface area contributed by atoms with Crippen LogP contribution in [0.25, 0.3) is 83.1 Å². The summed E-state index contributed by atoms with van der Waals surface area (Å²) < 4.78 is 2.42. The summed E-state index contributed by atoms with van der Waals surface area (Å²) in [6.07, 6.45) is 0. The van der Waals surface area contributed by atoms with Crippen LogP contribution in [-0.2, 0) is 0 Å². The van der Waals surface area contributed by atoms with Gasteiger partial charge in [-0.05, 0) is 105 Å². The average molecular weight is 791 g/mol. The number of hydrogen-bond donors (Lipinski definition) is 0. The van der Waals surface area contributed by atoms with Gasteiger partial charge in [-0.1, -0.05) is 200 Å². The van der Waals surface area contributed by atoms with E-state index in [4.69, 9.17) is 0 Å². The highest BCUT2D eigenvalue weighted by Crippen LogP contribution is 2.42. The highest BCUT2D eigenvalue weighted by molar-refractivity contribution is 6.10. The number of nitrogens with zero attached hydrogens (tertiary/aromatic N) is 2. The Bertz CT molecular complexity index is 3260. The summed E-state index contributed by atoms with van der Waals surface area (Å²) >= 11 is 0. The van der Waals surface area contributed by atoms with Gasteiger partial charge in [-0.3, -0.25) is 0 Å². The minimum atomic E-state index is 1.09. The SMILES string of the molecule is c1ccc(-c2ccc(-c3ccc(N(c4ccc(-c5ccccc5-c5ccccc5-n5c6ccccc6c6ccccc65)cc4)c4cccc(-c5ccccc5)c4)cc3)cc2)cc1. The molecule has 10 aromatic carbocycles. The molecule has 62 heavy (non-hydrogen) atoms. The molecule has 0 spiro atoms. The Labute approximate surface area is 362 Å². The second kappa shape index (κ2) is 16.1. The van der Waals surface area contributed by atoms with Crippen LogP contribution in [0.15, 0.2) is 255 Å². The molecule has 0 aliphatic carbocycles. The Morgan fingerprint density at radius 1 is 0.242 bits per heavy atom. The quantitative estimate of drug-likeness (QED) is 0.141. The lowest BCUT2D eigenvalue weighted by atomic mass is 9.93. The van der Waals surface area contributed by atoms with E-state index in [1.54, 1.807) is 0 Å². The van der Waals surface area contributed by atoms with E-state index < -0.39 is 0 Å². The molecular formula is C60H42N2. The third-order valence-corrected chi connectivity index (χ3v) is 12.0. The van der Waals surface area contributed by atoms with E-state index in [2.05, 4.69) is 264 Å². The Hall–Kier alpha value is -8.20. The van der Waals surface area contributed by atoms with Gasteiger partial charge in [0.05, 0.1) is 16.7 Å². The number of anilines is 3. The van der Waals surface area contributed by atoms with E-state index in [0.717, 1.165) is 28.3 Å². The largest absolute Gasteiger partial charge is 0.310 e. The van der Waals surface area contributed by atoms with Crippen molar-refractivity contribution in [2.24, 2.45) is 0 Å². The number of aromatic nitrogens is 1. The smallest absolute Gasteiger partial charge is 0.0541 e. The predicted octanol–water partition coefficient (Wildman–Crippen LogP) is 16.6. The lowest BCUT2D eigenvalue weighted by Gasteiger charge is -2.26. The first-order valence-corrected chi connectivity index (χ1v) is 21.3. The lowest BCUT2D eigenvalue weighted by Crippen LogP contribution is -2.10. The van der Waals surface area contributed by atoms with Gasteiger partial charge in [-0.2, -0.15) is 0 Å². The zero-order chi connectivity index (χ0) is 41.2. The van der Waals surface area contributed by atoms with Crippen LogP contribution < -0.4 is 4.90 Å². The summed E-state index contributed by atoms with van der Waals surface area (Å²) in [7, 11) is 0. The maximum absolute atomic E-state index is 2.42. The van der Waals surface area contributed by atoms with Crippen molar-refractivity contribution in [2.45, 2.75) is 0 Å². The molecule has 0 bridgehead atoms. The average Bonchev–Trinajstić information content (AvgIpc) is 3.69. The molecule has 0 fully saturated rings. The van der Waals surface area contributed by atoms with Crippen LogP contribution in [0.3, 0.4) is 0 Å². The van der Waals surface area contributed by atoms with Gasteiger partial charge in [0, 0.05) is 33.4 Å². The van der Waals surface area contributed by atoms with Crippen molar-refractivity contribution in [1.82, 2.24) is 4.57 Å². The van der Waals surface area contributed by atoms with Crippen LogP contribution in [0.1, 0.15) is 0 Å². The van der Waals surface area contributed by atoms with Gasteiger partial charge in [0.15, 0.2) is 0 Å². The molecule has 2 nitrogen and oxygen atoms in total. The summed E-state index contributed by atoms with van der Waals surface area (Å²) in [5, 5.41) is 2.51. The minimum Gasteiger partial charge on any atom is -0.310 e. The molecule has 1 aromatic heterocycles. The van der Waals surface area contributed by atoms with E-state index in [1.165, 1.54) is 71.9 Å². The third kappa shape index (κ3) is 6.84. The number of benzene rings is 10. The second-order valence-electron chi connectivity index (χ2n) is 15.7. The van der Waals surface area contributed by atoms with E-state index in [9.17, 15) is 0 Å². The molecule has 0 unspecified atom stereocenters. The van der Waals surface area contributed by atoms with Crippen molar-refractivity contribution in [1.29, 1.82) is 0 Å². The summed E-state index contributed by atoms with van der Waals surface area (Å²) in [5.74, 6) is 0. The summed E-state index contributed by atoms with van der Waals surface area (Å²) in [5.41, 5.74) is 18.7. The molecule has 11 rings (SSSR count). The molecule has 0 aliphatic heterocycles. The summed E-state index contributed by atoms with van der Waals surface area (Å²) in [4.78, 5) is 2.36. The lowest BCUT2D eigenvalue weighted by molar-refractivity contribution is 1.18. The Morgan fingerprint density at radius 3 is 1.23 bits per heavy atom. The normalized spacial score (nSPS) is 11.2. The van der Waals surface area contributed by atoms with Crippen LogP contribution in [0, 0.1) is 0 Å². The van der Waals surface area contributed by atoms with Gasteiger partial charge in [0.2, 0.25) is 0 Å². The molecular weight excluding hydrogens is 749 g/mol. The molecule has 0 atom stereocenters. The molecule has 0 N–H and O–H groups in total. The number of hydrogen-bond acceptors (Lipinski definition) is 1. The van der Waals surface area contributed by atoms with Gasteiger partial charge in [-0.15, -0.1) is 0 Å². The van der Waals surface area contributed by atoms with Gasteiger partial charge in [-0.25, -0.2) is 0 Å². The molecule has 1 heterocycles. The first kappa shape index (κ1) is 36.8. The van der Waals surface area contributed by atoms with Crippen LogP contribution in [-0.4, -0.2) is 4.57 Å². The molecule has 0 aliphatic rings. The summed E-state index contributed by atoms with van der Waals surface area (Å²) in [6.45, 7) is 0. The minimum absolute atomic E-state index is 1.09. The first-order valence-electron chi connectivity index (χ1n) is 21.3. The predicted molar refractivity (Wildman–Crippen MR) is 263 cm³/mol. The maximum atomic E-state index is 2.42. The van der Waals surface area contributed by atoms with Crippen LogP contribution in [0.4, 0.5) is 17.1 Å². The van der Waals surface area contributed by atoms with E-state index in [0.29, 0.717) is 0 Å². The molecule has 0 amide bonds. The molecule has 11 aromatic rings. The van der Waals surface area contributed by atoms with Crippen molar-refractivity contribution < 1.29 is 0 Å². The summed E-state index contributed by atoms with van der Waals surface area (Å²) in [6, 6.07) is 92.0. The zero-order valence-electron chi connectivity index (χ0n) is 34.1. The highest BCUT2D eigenvalue weighted by atomic mass is 15.1. The monoisotopic (exact) mass is 790 g/mol. The van der Waals surface area contributed by atoms with Crippen LogP contribution in [0.2, 0.25) is 0 Å². The Balaban J connectivity index is 0.978. The molecule has 292 valence electrons. The van der Waals surface area contributed by atoms with Crippen molar-refractivity contribution in [3.8, 4) is 61.3 Å². The molecule has 2 heteroatoms. The Kier molecular flexibility index (Phi) is 9.57. The van der Waals surface area contributed by atoms with Crippen molar-refractivity contribution >= 4 is 38.9 Å². The van der Waals surface area contributed by atoms with Gasteiger partial charge < -0.3 is 9.47 Å². The van der Waals surface area contributed by atoms with Gasteiger partial charge in [0.25, 0.3) is 0 Å². The van der Waals surface area contributed by atoms with Crippen molar-refractivity contribution in [2.75, 3.05) is 4.90 Å². The fraction of sp³-hybridized carbons (Fsp3) is 0. The van der Waals surface area contributed by atoms with E-state index >= 15 is 0 Å². The fourth-order valence-corrected chi connectivity index (χ4v) is 9.03. The topological polar surface area (TPSA) is 8.17 Å². The fourth-order valence-electron chi connectivity index (χ4n) is 9.03. The third-order valence-electron chi connectivity index (χ3n) is 12.0. The highest BCUT2D eigenvalue weighted by Gasteiger charge is 2.19. The number of para-hydroxylation sites is 3. The van der Waals surface area contributed by atoms with Crippen molar-refractivity contribution in [3.05, 3.63) is 255 Å². The zero-order valence-corrected chi connectivity index (χ0v) is 34.1.